The third kappa shape index (κ3) is 7.12. The van der Waals surface area contributed by atoms with Gasteiger partial charge in [0.15, 0.2) is 5.78 Å². The first-order valence-corrected chi connectivity index (χ1v) is 12.8. The van der Waals surface area contributed by atoms with Crippen LogP contribution in [0.2, 0.25) is 0 Å². The maximum absolute atomic E-state index is 12.9. The Bertz CT molecular complexity index is 1150. The minimum absolute atomic E-state index is 0.00908. The number of carbonyl (C=O) groups is 2. The number of carboxylic acids is 1. The Morgan fingerprint density at radius 1 is 0.861 bits per heavy atom. The molecule has 4 rings (SSSR count). The molecule has 1 unspecified atom stereocenters. The second-order valence-corrected chi connectivity index (χ2v) is 9.62. The quantitative estimate of drug-likeness (QED) is 0.366. The van der Waals surface area contributed by atoms with Gasteiger partial charge < -0.3 is 9.84 Å². The molecular formula is C31H35NO4. The van der Waals surface area contributed by atoms with Crippen LogP contribution in [0, 0.1) is 12.8 Å². The monoisotopic (exact) mass is 485 g/mol. The van der Waals surface area contributed by atoms with Crippen molar-refractivity contribution in [2.24, 2.45) is 5.92 Å². The predicted molar refractivity (Wildman–Crippen MR) is 142 cm³/mol. The van der Waals surface area contributed by atoms with Crippen LogP contribution in [0.5, 0.6) is 0 Å². The lowest BCUT2D eigenvalue weighted by Crippen LogP contribution is -2.37. The molecule has 0 amide bonds. The lowest BCUT2D eigenvalue weighted by Gasteiger charge is -2.26. The van der Waals surface area contributed by atoms with Crippen LogP contribution >= 0.6 is 0 Å². The number of aliphatic carboxylic acids is 1. The molecule has 0 spiro atoms. The van der Waals surface area contributed by atoms with Crippen molar-refractivity contribution in [3.05, 3.63) is 95.1 Å². The molecule has 0 aliphatic carbocycles. The zero-order valence-electron chi connectivity index (χ0n) is 21.0. The van der Waals surface area contributed by atoms with Crippen molar-refractivity contribution in [1.82, 2.24) is 4.90 Å². The summed E-state index contributed by atoms with van der Waals surface area (Å²) in [5, 5.41) is 9.83. The van der Waals surface area contributed by atoms with Gasteiger partial charge in [0.25, 0.3) is 0 Å². The van der Waals surface area contributed by atoms with Crippen molar-refractivity contribution >= 4 is 11.8 Å². The van der Waals surface area contributed by atoms with E-state index in [9.17, 15) is 14.7 Å². The van der Waals surface area contributed by atoms with Crippen molar-refractivity contribution in [2.75, 3.05) is 32.8 Å². The lowest BCUT2D eigenvalue weighted by atomic mass is 9.90. The van der Waals surface area contributed by atoms with E-state index in [0.29, 0.717) is 18.4 Å². The lowest BCUT2D eigenvalue weighted by molar-refractivity contribution is -0.141. The van der Waals surface area contributed by atoms with Crippen LogP contribution in [0.3, 0.4) is 0 Å². The Morgan fingerprint density at radius 2 is 1.44 bits per heavy atom. The molecule has 0 saturated carbocycles. The molecule has 5 heteroatoms. The fraction of sp³-hybridized carbons (Fsp3) is 0.355. The molecule has 3 aromatic rings. The molecule has 36 heavy (non-hydrogen) atoms. The number of hydrogen-bond acceptors (Lipinski definition) is 4. The predicted octanol–water partition coefficient (Wildman–Crippen LogP) is 5.44. The second-order valence-electron chi connectivity index (χ2n) is 9.62. The van der Waals surface area contributed by atoms with E-state index in [1.54, 1.807) is 12.1 Å². The Balaban J connectivity index is 1.35. The fourth-order valence-electron chi connectivity index (χ4n) is 4.73. The summed E-state index contributed by atoms with van der Waals surface area (Å²) >= 11 is 0. The van der Waals surface area contributed by atoms with Crippen LogP contribution in [0.1, 0.15) is 39.9 Å². The van der Waals surface area contributed by atoms with Gasteiger partial charge in [-0.3, -0.25) is 14.5 Å². The molecular weight excluding hydrogens is 450 g/mol. The van der Waals surface area contributed by atoms with Crippen LogP contribution in [0.15, 0.2) is 72.8 Å². The van der Waals surface area contributed by atoms with Gasteiger partial charge in [-0.15, -0.1) is 0 Å². The van der Waals surface area contributed by atoms with Gasteiger partial charge in [-0.05, 0) is 48.4 Å². The van der Waals surface area contributed by atoms with E-state index >= 15 is 0 Å². The minimum atomic E-state index is -0.912. The summed E-state index contributed by atoms with van der Waals surface area (Å²) < 4.78 is 5.43. The second kappa shape index (κ2) is 12.6. The van der Waals surface area contributed by atoms with E-state index in [1.165, 1.54) is 16.7 Å². The molecule has 0 bridgehead atoms. The molecule has 1 atom stereocenters. The van der Waals surface area contributed by atoms with E-state index in [1.807, 2.05) is 24.3 Å². The SMILES string of the molecule is Cc1ccc(-c2ccc(C(=O)CC(CCc3ccccc3CCN3CCOCC3)C(=O)O)cc2)cc1. The number of ether oxygens (including phenoxy) is 1. The zero-order chi connectivity index (χ0) is 25.3. The number of aryl methyl sites for hydroxylation is 2. The third-order valence-corrected chi connectivity index (χ3v) is 7.05. The third-order valence-electron chi connectivity index (χ3n) is 7.05. The van der Waals surface area contributed by atoms with Gasteiger partial charge >= 0.3 is 5.97 Å². The highest BCUT2D eigenvalue weighted by Crippen LogP contribution is 2.23. The van der Waals surface area contributed by atoms with Crippen LogP contribution in [-0.4, -0.2) is 54.6 Å². The van der Waals surface area contributed by atoms with Crippen molar-refractivity contribution in [3.63, 3.8) is 0 Å². The number of rotatable bonds is 11. The number of hydrogen-bond donors (Lipinski definition) is 1. The highest BCUT2D eigenvalue weighted by Gasteiger charge is 2.22. The number of nitrogens with zero attached hydrogens (tertiary/aromatic N) is 1. The summed E-state index contributed by atoms with van der Waals surface area (Å²) in [6.45, 7) is 6.50. The Hall–Kier alpha value is -3.28. The molecule has 1 fully saturated rings. The van der Waals surface area contributed by atoms with Gasteiger partial charge in [0.2, 0.25) is 0 Å². The molecule has 0 radical (unpaired) electrons. The summed E-state index contributed by atoms with van der Waals surface area (Å²) in [5.74, 6) is -1.74. The fourth-order valence-corrected chi connectivity index (χ4v) is 4.73. The summed E-state index contributed by atoms with van der Waals surface area (Å²) in [5.41, 5.74) is 6.32. The van der Waals surface area contributed by atoms with Gasteiger partial charge in [0.05, 0.1) is 19.1 Å². The molecule has 5 nitrogen and oxygen atoms in total. The highest BCUT2D eigenvalue weighted by atomic mass is 16.5. The van der Waals surface area contributed by atoms with Gasteiger partial charge in [-0.1, -0.05) is 78.4 Å². The topological polar surface area (TPSA) is 66.8 Å². The average Bonchev–Trinajstić information content (AvgIpc) is 2.91. The van der Waals surface area contributed by atoms with Crippen LogP contribution in [-0.2, 0) is 22.4 Å². The van der Waals surface area contributed by atoms with E-state index in [-0.39, 0.29) is 12.2 Å². The molecule has 3 aromatic carbocycles. The zero-order valence-corrected chi connectivity index (χ0v) is 21.0. The van der Waals surface area contributed by atoms with E-state index in [2.05, 4.69) is 48.2 Å². The first-order chi connectivity index (χ1) is 17.5. The molecule has 1 N–H and O–H groups in total. The maximum atomic E-state index is 12.9. The molecule has 1 aliphatic heterocycles. The smallest absolute Gasteiger partial charge is 0.306 e. The minimum Gasteiger partial charge on any atom is -0.481 e. The largest absolute Gasteiger partial charge is 0.481 e. The highest BCUT2D eigenvalue weighted by molar-refractivity contribution is 5.98. The first-order valence-electron chi connectivity index (χ1n) is 12.8. The van der Waals surface area contributed by atoms with Gasteiger partial charge in [-0.2, -0.15) is 0 Å². The van der Waals surface area contributed by atoms with E-state index in [0.717, 1.165) is 50.4 Å². The standard InChI is InChI=1S/C31H35NO4/c1-23-6-8-26(9-7-23)27-10-13-28(14-11-27)30(33)22-29(31(34)35)15-12-24-4-2-3-5-25(24)16-17-32-18-20-36-21-19-32/h2-11,13-14,29H,12,15-22H2,1H3,(H,34,35). The van der Waals surface area contributed by atoms with Crippen molar-refractivity contribution < 1.29 is 19.4 Å². The van der Waals surface area contributed by atoms with Crippen molar-refractivity contribution in [1.29, 1.82) is 0 Å². The van der Waals surface area contributed by atoms with Crippen molar-refractivity contribution in [2.45, 2.75) is 32.6 Å². The molecule has 1 saturated heterocycles. The number of benzene rings is 3. The van der Waals surface area contributed by atoms with Crippen molar-refractivity contribution in [3.8, 4) is 11.1 Å². The number of ketones is 1. The first kappa shape index (κ1) is 25.8. The van der Waals surface area contributed by atoms with Crippen LogP contribution < -0.4 is 0 Å². The van der Waals surface area contributed by atoms with E-state index in [4.69, 9.17) is 4.74 Å². The van der Waals surface area contributed by atoms with Crippen LogP contribution in [0.25, 0.3) is 11.1 Å². The summed E-state index contributed by atoms with van der Waals surface area (Å²) in [6.07, 6.45) is 2.03. The number of Topliss-reactive ketones (excluding diaryl/α,β-unsaturated/α-hetero) is 1. The Kier molecular flexibility index (Phi) is 9.04. The Labute approximate surface area is 213 Å². The molecule has 0 aromatic heterocycles. The normalized spacial score (nSPS) is 14.9. The Morgan fingerprint density at radius 3 is 2.06 bits per heavy atom. The summed E-state index contributed by atoms with van der Waals surface area (Å²) in [4.78, 5) is 27.3. The number of morpholine rings is 1. The molecule has 1 heterocycles. The summed E-state index contributed by atoms with van der Waals surface area (Å²) in [6, 6.07) is 24.0. The average molecular weight is 486 g/mol. The van der Waals surface area contributed by atoms with Crippen LogP contribution in [0.4, 0.5) is 0 Å². The van der Waals surface area contributed by atoms with Gasteiger partial charge in [0.1, 0.15) is 0 Å². The van der Waals surface area contributed by atoms with Gasteiger partial charge in [-0.25, -0.2) is 0 Å². The number of carboxylic acid groups (broad SMARTS) is 1. The number of carbonyl (C=O) groups excluding carboxylic acids is 1. The molecule has 1 aliphatic rings. The summed E-state index contributed by atoms with van der Waals surface area (Å²) in [7, 11) is 0. The van der Waals surface area contributed by atoms with Gasteiger partial charge in [0, 0.05) is 31.6 Å². The van der Waals surface area contributed by atoms with E-state index < -0.39 is 11.9 Å². The molecule has 188 valence electrons. The maximum Gasteiger partial charge on any atom is 0.306 e.